The molecule has 0 saturated heterocycles. The summed E-state index contributed by atoms with van der Waals surface area (Å²) < 4.78 is 7.58. The quantitative estimate of drug-likeness (QED) is 0.740. The van der Waals surface area contributed by atoms with E-state index in [2.05, 4.69) is 39.7 Å². The Labute approximate surface area is 140 Å². The second-order valence-electron chi connectivity index (χ2n) is 7.26. The van der Waals surface area contributed by atoms with Crippen LogP contribution < -0.4 is 0 Å². The minimum atomic E-state index is -0.298. The van der Waals surface area contributed by atoms with Gasteiger partial charge in [-0.05, 0) is 59.9 Å². The minimum Gasteiger partial charge on any atom is -0.370 e. The molecule has 116 valence electrons. The van der Waals surface area contributed by atoms with Crippen LogP contribution in [0.1, 0.15) is 69.8 Å². The van der Waals surface area contributed by atoms with Crippen molar-refractivity contribution in [3.05, 3.63) is 20.6 Å². The van der Waals surface area contributed by atoms with Gasteiger partial charge in [0, 0.05) is 18.7 Å². The van der Waals surface area contributed by atoms with Gasteiger partial charge < -0.3 is 9.72 Å². The Morgan fingerprint density at radius 2 is 1.86 bits per heavy atom. The molecule has 1 heterocycles. The summed E-state index contributed by atoms with van der Waals surface area (Å²) in [4.78, 5) is 8.20. The third kappa shape index (κ3) is 2.97. The van der Waals surface area contributed by atoms with Crippen molar-refractivity contribution in [3.8, 4) is 0 Å². The summed E-state index contributed by atoms with van der Waals surface area (Å²) in [5, 5.41) is 0. The SMILES string of the molecule is COC1(c2nc(=S)c(Br)c(C3CC3)[nH]2)CCC(C)(C)CC1. The summed E-state index contributed by atoms with van der Waals surface area (Å²) >= 11 is 9.05. The molecule has 21 heavy (non-hydrogen) atoms. The molecule has 0 bridgehead atoms. The Morgan fingerprint density at radius 1 is 1.24 bits per heavy atom. The number of halogens is 1. The second kappa shape index (κ2) is 5.43. The van der Waals surface area contributed by atoms with Gasteiger partial charge in [-0.1, -0.05) is 26.1 Å². The van der Waals surface area contributed by atoms with Crippen LogP contribution in [0.5, 0.6) is 0 Å². The van der Waals surface area contributed by atoms with E-state index in [1.165, 1.54) is 18.5 Å². The Bertz CT molecular complexity index is 597. The first-order valence-electron chi connectivity index (χ1n) is 7.72. The molecule has 2 fully saturated rings. The van der Waals surface area contributed by atoms with E-state index in [1.807, 2.05) is 0 Å². The largest absolute Gasteiger partial charge is 0.370 e. The highest BCUT2D eigenvalue weighted by atomic mass is 79.9. The van der Waals surface area contributed by atoms with Crippen LogP contribution in [0.4, 0.5) is 0 Å². The number of rotatable bonds is 3. The molecular weight excluding hydrogens is 348 g/mol. The molecule has 1 aromatic heterocycles. The average molecular weight is 371 g/mol. The first kappa shape index (κ1) is 15.6. The minimum absolute atomic E-state index is 0.298. The maximum Gasteiger partial charge on any atom is 0.144 e. The number of aromatic nitrogens is 2. The summed E-state index contributed by atoms with van der Waals surface area (Å²) in [6.07, 6.45) is 6.78. The summed E-state index contributed by atoms with van der Waals surface area (Å²) in [6, 6.07) is 0. The standard InChI is InChI=1S/C16H23BrN2OS/c1-15(2)6-8-16(20-3,9-7-15)14-18-12(10-4-5-10)11(17)13(21)19-14/h10H,4-9H2,1-3H3,(H,18,19,21). The van der Waals surface area contributed by atoms with Crippen LogP contribution >= 0.6 is 28.1 Å². The molecule has 2 saturated carbocycles. The smallest absolute Gasteiger partial charge is 0.144 e. The highest BCUT2D eigenvalue weighted by Crippen LogP contribution is 2.48. The Kier molecular flexibility index (Phi) is 4.04. The first-order valence-corrected chi connectivity index (χ1v) is 8.92. The number of hydrogen-bond donors (Lipinski definition) is 1. The van der Waals surface area contributed by atoms with Gasteiger partial charge in [-0.3, -0.25) is 0 Å². The fourth-order valence-corrected chi connectivity index (χ4v) is 3.93. The van der Waals surface area contributed by atoms with Crippen LogP contribution in [0.25, 0.3) is 0 Å². The molecule has 0 aromatic carbocycles. The van der Waals surface area contributed by atoms with E-state index in [-0.39, 0.29) is 5.60 Å². The molecule has 1 aromatic rings. The maximum absolute atomic E-state index is 5.95. The van der Waals surface area contributed by atoms with E-state index < -0.39 is 0 Å². The molecule has 0 amide bonds. The van der Waals surface area contributed by atoms with Crippen molar-refractivity contribution >= 4 is 28.1 Å². The van der Waals surface area contributed by atoms with Crippen LogP contribution in [0.2, 0.25) is 0 Å². The lowest BCUT2D eigenvalue weighted by molar-refractivity contribution is -0.0731. The average Bonchev–Trinajstić information content (AvgIpc) is 3.27. The van der Waals surface area contributed by atoms with Crippen LogP contribution in [-0.4, -0.2) is 17.1 Å². The number of methoxy groups -OCH3 is 1. The van der Waals surface area contributed by atoms with Crippen LogP contribution in [0.15, 0.2) is 4.47 Å². The summed E-state index contributed by atoms with van der Waals surface area (Å²) in [5.41, 5.74) is 1.31. The summed E-state index contributed by atoms with van der Waals surface area (Å²) in [5.74, 6) is 1.53. The fraction of sp³-hybridized carbons (Fsp3) is 0.750. The maximum atomic E-state index is 5.95. The predicted octanol–water partition coefficient (Wildman–Crippen LogP) is 5.22. The van der Waals surface area contributed by atoms with Crippen molar-refractivity contribution in [1.29, 1.82) is 0 Å². The third-order valence-corrected chi connectivity index (χ3v) is 6.47. The number of H-pyrrole nitrogens is 1. The van der Waals surface area contributed by atoms with Crippen LogP contribution in [-0.2, 0) is 10.3 Å². The van der Waals surface area contributed by atoms with E-state index >= 15 is 0 Å². The molecule has 0 spiro atoms. The van der Waals surface area contributed by atoms with Crippen LogP contribution in [0, 0.1) is 10.1 Å². The molecule has 1 N–H and O–H groups in total. The number of aromatic amines is 1. The summed E-state index contributed by atoms with van der Waals surface area (Å²) in [7, 11) is 1.80. The van der Waals surface area contributed by atoms with E-state index in [9.17, 15) is 0 Å². The van der Waals surface area contributed by atoms with E-state index in [4.69, 9.17) is 17.0 Å². The molecule has 0 atom stereocenters. The van der Waals surface area contributed by atoms with Gasteiger partial charge in [-0.25, -0.2) is 4.98 Å². The Morgan fingerprint density at radius 3 is 2.38 bits per heavy atom. The number of ether oxygens (including phenoxy) is 1. The van der Waals surface area contributed by atoms with Gasteiger partial charge in [0.05, 0.1) is 4.47 Å². The molecular formula is C16H23BrN2OS. The number of nitrogens with one attached hydrogen (secondary N) is 1. The van der Waals surface area contributed by atoms with Crippen molar-refractivity contribution in [2.75, 3.05) is 7.11 Å². The van der Waals surface area contributed by atoms with Gasteiger partial charge in [-0.2, -0.15) is 0 Å². The predicted molar refractivity (Wildman–Crippen MR) is 90.0 cm³/mol. The molecule has 0 radical (unpaired) electrons. The molecule has 2 aliphatic carbocycles. The Balaban J connectivity index is 2.00. The lowest BCUT2D eigenvalue weighted by Gasteiger charge is -2.42. The zero-order valence-electron chi connectivity index (χ0n) is 13.0. The molecule has 5 heteroatoms. The number of nitrogens with zero attached hydrogens (tertiary/aromatic N) is 1. The topological polar surface area (TPSA) is 37.9 Å². The molecule has 3 nitrogen and oxygen atoms in total. The van der Waals surface area contributed by atoms with Crippen molar-refractivity contribution in [3.63, 3.8) is 0 Å². The third-order valence-electron chi connectivity index (χ3n) is 5.11. The highest BCUT2D eigenvalue weighted by Gasteiger charge is 2.42. The zero-order valence-corrected chi connectivity index (χ0v) is 15.4. The van der Waals surface area contributed by atoms with Gasteiger partial charge in [0.1, 0.15) is 16.1 Å². The summed E-state index contributed by atoms with van der Waals surface area (Å²) in [6.45, 7) is 4.67. The normalized spacial score (nSPS) is 24.0. The lowest BCUT2D eigenvalue weighted by Crippen LogP contribution is -2.38. The van der Waals surface area contributed by atoms with Crippen LogP contribution in [0.3, 0.4) is 0 Å². The monoisotopic (exact) mass is 370 g/mol. The first-order chi connectivity index (χ1) is 9.87. The Hall–Kier alpha value is -0.260. The molecule has 2 aliphatic rings. The van der Waals surface area contributed by atoms with Gasteiger partial charge >= 0.3 is 0 Å². The molecule has 0 unspecified atom stereocenters. The second-order valence-corrected chi connectivity index (χ2v) is 8.43. The number of hydrogen-bond acceptors (Lipinski definition) is 3. The molecule has 0 aliphatic heterocycles. The van der Waals surface area contributed by atoms with Crippen molar-refractivity contribution in [2.45, 2.75) is 63.9 Å². The van der Waals surface area contributed by atoms with Gasteiger partial charge in [-0.15, -0.1) is 0 Å². The van der Waals surface area contributed by atoms with Gasteiger partial charge in [0.15, 0.2) is 0 Å². The van der Waals surface area contributed by atoms with E-state index in [0.29, 0.717) is 16.0 Å². The van der Waals surface area contributed by atoms with Gasteiger partial charge in [0.2, 0.25) is 0 Å². The molecule has 3 rings (SSSR count). The zero-order chi connectivity index (χ0) is 15.3. The fourth-order valence-electron chi connectivity index (χ4n) is 3.21. The van der Waals surface area contributed by atoms with Crippen molar-refractivity contribution in [1.82, 2.24) is 9.97 Å². The van der Waals surface area contributed by atoms with Gasteiger partial charge in [0.25, 0.3) is 0 Å². The lowest BCUT2D eigenvalue weighted by atomic mass is 9.70. The van der Waals surface area contributed by atoms with E-state index in [0.717, 1.165) is 36.0 Å². The highest BCUT2D eigenvalue weighted by molar-refractivity contribution is 9.10. The van der Waals surface area contributed by atoms with Crippen molar-refractivity contribution < 1.29 is 4.74 Å². The van der Waals surface area contributed by atoms with Crippen molar-refractivity contribution in [2.24, 2.45) is 5.41 Å². The van der Waals surface area contributed by atoms with E-state index in [1.54, 1.807) is 7.11 Å².